The molecule has 8 heavy (non-hydrogen) atoms. The lowest BCUT2D eigenvalue weighted by Gasteiger charge is -2.15. The number of hydrogen-bond acceptors (Lipinski definition) is 3. The molecule has 1 unspecified atom stereocenters. The lowest BCUT2D eigenvalue weighted by Crippen LogP contribution is -2.39. The van der Waals surface area contributed by atoms with Crippen LogP contribution in [0.15, 0.2) is 0 Å². The van der Waals surface area contributed by atoms with Crippen molar-refractivity contribution in [3.8, 4) is 0 Å². The number of hydrogen-bond donors (Lipinski definition) is 2. The van der Waals surface area contributed by atoms with Gasteiger partial charge in [0.15, 0.2) is 0 Å². The Morgan fingerprint density at radius 3 is 2.25 bits per heavy atom. The molecule has 3 heteroatoms. The van der Waals surface area contributed by atoms with Crippen molar-refractivity contribution < 1.29 is 5.11 Å². The van der Waals surface area contributed by atoms with Gasteiger partial charge < -0.3 is 5.11 Å². The van der Waals surface area contributed by atoms with Crippen molar-refractivity contribution in [2.45, 2.75) is 19.6 Å². The molecule has 0 rings (SSSR count). The Bertz CT molecular complexity index is 56.4. The summed E-state index contributed by atoms with van der Waals surface area (Å²) in [6.07, 6.45) is 0.336. The quantitative estimate of drug-likeness (QED) is 0.397. The van der Waals surface area contributed by atoms with Gasteiger partial charge in [0.1, 0.15) is 6.23 Å². The maximum atomic E-state index is 8.88. The van der Waals surface area contributed by atoms with E-state index >= 15 is 0 Å². The van der Waals surface area contributed by atoms with Gasteiger partial charge in [-0.25, -0.2) is 10.4 Å². The molecule has 0 spiro atoms. The number of nitrogens with zero attached hydrogens (tertiary/aromatic N) is 1. The standard InChI is InChI=1S/C5H14N2O/c1-4-5(8)6-7(2)3/h5-6,8H,4H2,1-3H3. The number of nitrogens with one attached hydrogen (secondary N) is 1. The zero-order valence-electron chi connectivity index (χ0n) is 5.68. The van der Waals surface area contributed by atoms with Crippen LogP contribution in [0.2, 0.25) is 0 Å². The summed E-state index contributed by atoms with van der Waals surface area (Å²) >= 11 is 0. The molecule has 0 aliphatic heterocycles. The van der Waals surface area contributed by atoms with Gasteiger partial charge in [0.2, 0.25) is 0 Å². The molecule has 50 valence electrons. The number of aliphatic hydroxyl groups excluding tert-OH is 1. The zero-order chi connectivity index (χ0) is 6.57. The zero-order valence-corrected chi connectivity index (χ0v) is 5.68. The summed E-state index contributed by atoms with van der Waals surface area (Å²) in [5, 5.41) is 10.6. The van der Waals surface area contributed by atoms with Crippen LogP contribution in [0, 0.1) is 0 Å². The SMILES string of the molecule is CCC(O)NN(C)C. The third-order valence-corrected chi connectivity index (χ3v) is 0.794. The highest BCUT2D eigenvalue weighted by Crippen LogP contribution is 1.82. The van der Waals surface area contributed by atoms with Crippen LogP contribution in [0.5, 0.6) is 0 Å². The summed E-state index contributed by atoms with van der Waals surface area (Å²) in [6, 6.07) is 0. The minimum absolute atomic E-state index is 0.398. The number of hydrazine groups is 1. The van der Waals surface area contributed by atoms with Gasteiger partial charge in [0, 0.05) is 14.1 Å². The van der Waals surface area contributed by atoms with Crippen molar-refractivity contribution >= 4 is 0 Å². The average molecular weight is 118 g/mol. The highest BCUT2D eigenvalue weighted by molar-refractivity contribution is 4.41. The first-order valence-electron chi connectivity index (χ1n) is 2.78. The van der Waals surface area contributed by atoms with Crippen LogP contribution in [0.3, 0.4) is 0 Å². The van der Waals surface area contributed by atoms with Crippen molar-refractivity contribution in [3.63, 3.8) is 0 Å². The molecule has 0 aliphatic rings. The summed E-state index contributed by atoms with van der Waals surface area (Å²) < 4.78 is 0. The monoisotopic (exact) mass is 118 g/mol. The molecule has 0 radical (unpaired) electrons. The average Bonchev–Trinajstić information content (AvgIpc) is 1.65. The van der Waals surface area contributed by atoms with Gasteiger partial charge in [-0.1, -0.05) is 6.92 Å². The molecule has 2 N–H and O–H groups in total. The molecule has 0 aromatic rings. The van der Waals surface area contributed by atoms with E-state index < -0.39 is 6.23 Å². The van der Waals surface area contributed by atoms with Crippen LogP contribution in [0.25, 0.3) is 0 Å². The third kappa shape index (κ3) is 4.05. The molecule has 0 heterocycles. The summed E-state index contributed by atoms with van der Waals surface area (Å²) in [6.45, 7) is 1.92. The predicted octanol–water partition coefficient (Wildman–Crippen LogP) is -0.219. The fourth-order valence-electron chi connectivity index (χ4n) is 0.389. The van der Waals surface area contributed by atoms with Gasteiger partial charge in [-0.05, 0) is 6.42 Å². The van der Waals surface area contributed by atoms with E-state index in [2.05, 4.69) is 5.43 Å². The van der Waals surface area contributed by atoms with Crippen molar-refractivity contribution in [1.29, 1.82) is 0 Å². The molecule has 0 saturated heterocycles. The number of rotatable bonds is 3. The summed E-state index contributed by atoms with van der Waals surface area (Å²) in [5.74, 6) is 0. The van der Waals surface area contributed by atoms with Crippen LogP contribution in [0.1, 0.15) is 13.3 Å². The van der Waals surface area contributed by atoms with Gasteiger partial charge in [0.05, 0.1) is 0 Å². The van der Waals surface area contributed by atoms with E-state index in [1.807, 2.05) is 21.0 Å². The Morgan fingerprint density at radius 1 is 1.62 bits per heavy atom. The Labute approximate surface area is 50.3 Å². The fraction of sp³-hybridized carbons (Fsp3) is 1.00. The molecule has 0 aromatic carbocycles. The lowest BCUT2D eigenvalue weighted by atomic mass is 10.4. The van der Waals surface area contributed by atoms with Gasteiger partial charge in [-0.2, -0.15) is 0 Å². The first-order valence-corrected chi connectivity index (χ1v) is 2.78. The van der Waals surface area contributed by atoms with Gasteiger partial charge in [-0.15, -0.1) is 0 Å². The second-order valence-electron chi connectivity index (χ2n) is 1.95. The van der Waals surface area contributed by atoms with Crippen molar-refractivity contribution in [2.24, 2.45) is 0 Å². The van der Waals surface area contributed by atoms with E-state index in [9.17, 15) is 0 Å². The van der Waals surface area contributed by atoms with E-state index in [1.54, 1.807) is 5.01 Å². The van der Waals surface area contributed by atoms with E-state index in [4.69, 9.17) is 5.11 Å². The van der Waals surface area contributed by atoms with Crippen LogP contribution in [-0.4, -0.2) is 30.4 Å². The van der Waals surface area contributed by atoms with E-state index in [1.165, 1.54) is 0 Å². The van der Waals surface area contributed by atoms with Crippen LogP contribution in [0.4, 0.5) is 0 Å². The molecule has 0 saturated carbocycles. The highest BCUT2D eigenvalue weighted by Gasteiger charge is 1.96. The first-order chi connectivity index (χ1) is 3.66. The van der Waals surface area contributed by atoms with Gasteiger partial charge >= 0.3 is 0 Å². The van der Waals surface area contributed by atoms with Crippen LogP contribution >= 0.6 is 0 Å². The Kier molecular flexibility index (Phi) is 3.77. The Morgan fingerprint density at radius 2 is 2.12 bits per heavy atom. The smallest absolute Gasteiger partial charge is 0.117 e. The third-order valence-electron chi connectivity index (χ3n) is 0.794. The van der Waals surface area contributed by atoms with Crippen molar-refractivity contribution in [1.82, 2.24) is 10.4 Å². The molecule has 1 atom stereocenters. The lowest BCUT2D eigenvalue weighted by molar-refractivity contribution is 0.0609. The summed E-state index contributed by atoms with van der Waals surface area (Å²) in [7, 11) is 3.69. The van der Waals surface area contributed by atoms with Crippen molar-refractivity contribution in [2.75, 3.05) is 14.1 Å². The van der Waals surface area contributed by atoms with Crippen LogP contribution < -0.4 is 5.43 Å². The molecule has 3 nitrogen and oxygen atoms in total. The fourth-order valence-corrected chi connectivity index (χ4v) is 0.389. The normalized spacial score (nSPS) is 14.6. The summed E-state index contributed by atoms with van der Waals surface area (Å²) in [5.41, 5.74) is 2.78. The first kappa shape index (κ1) is 7.88. The minimum Gasteiger partial charge on any atom is -0.377 e. The van der Waals surface area contributed by atoms with Gasteiger partial charge in [0.25, 0.3) is 0 Å². The second-order valence-corrected chi connectivity index (χ2v) is 1.95. The summed E-state index contributed by atoms with van der Waals surface area (Å²) in [4.78, 5) is 0. The highest BCUT2D eigenvalue weighted by atomic mass is 16.3. The largest absolute Gasteiger partial charge is 0.377 e. The molecule has 0 bridgehead atoms. The number of aliphatic hydroxyl groups is 1. The molecule has 0 aromatic heterocycles. The second kappa shape index (κ2) is 3.83. The molecular formula is C5H14N2O. The maximum Gasteiger partial charge on any atom is 0.117 e. The Balaban J connectivity index is 3.10. The Hall–Kier alpha value is -0.120. The van der Waals surface area contributed by atoms with E-state index in [-0.39, 0.29) is 0 Å². The van der Waals surface area contributed by atoms with Crippen LogP contribution in [-0.2, 0) is 0 Å². The maximum absolute atomic E-state index is 8.88. The molecule has 0 fully saturated rings. The molecule has 0 amide bonds. The van der Waals surface area contributed by atoms with Crippen molar-refractivity contribution in [3.05, 3.63) is 0 Å². The minimum atomic E-state index is -0.398. The van der Waals surface area contributed by atoms with E-state index in [0.717, 1.165) is 6.42 Å². The van der Waals surface area contributed by atoms with Gasteiger partial charge in [-0.3, -0.25) is 0 Å². The predicted molar refractivity (Wildman–Crippen MR) is 33.1 cm³/mol. The van der Waals surface area contributed by atoms with E-state index in [0.29, 0.717) is 0 Å². The molecule has 0 aliphatic carbocycles. The molecular weight excluding hydrogens is 104 g/mol. The topological polar surface area (TPSA) is 35.5 Å².